The number of carbonyl (C=O) groups is 1. The standard InChI is InChI=1S/C8H6O3/c9-4-6-1-2-8-7(3-6)5-10-11-8/h1-4H,5H2. The van der Waals surface area contributed by atoms with Gasteiger partial charge in [-0.15, -0.1) is 0 Å². The van der Waals surface area contributed by atoms with E-state index in [9.17, 15) is 4.79 Å². The lowest BCUT2D eigenvalue weighted by Gasteiger charge is -1.93. The maximum atomic E-state index is 10.3. The van der Waals surface area contributed by atoms with Crippen molar-refractivity contribution in [1.29, 1.82) is 0 Å². The molecule has 1 aromatic rings. The normalized spacial score (nSPS) is 13.8. The number of carbonyl (C=O) groups excluding carboxylic acids is 1. The predicted molar refractivity (Wildman–Crippen MR) is 37.2 cm³/mol. The summed E-state index contributed by atoms with van der Waals surface area (Å²) < 4.78 is 0. The SMILES string of the molecule is O=Cc1ccc2c(c1)COO2. The molecule has 0 radical (unpaired) electrons. The average Bonchev–Trinajstić information content (AvgIpc) is 2.50. The van der Waals surface area contributed by atoms with E-state index in [1.807, 2.05) is 0 Å². The molecule has 0 saturated heterocycles. The lowest BCUT2D eigenvalue weighted by molar-refractivity contribution is -0.194. The maximum Gasteiger partial charge on any atom is 0.171 e. The van der Waals surface area contributed by atoms with Crippen molar-refractivity contribution in [2.75, 3.05) is 0 Å². The van der Waals surface area contributed by atoms with Crippen LogP contribution in [0.5, 0.6) is 5.75 Å². The second kappa shape index (κ2) is 2.36. The Kier molecular flexibility index (Phi) is 1.36. The van der Waals surface area contributed by atoms with Crippen LogP contribution in [-0.2, 0) is 11.5 Å². The van der Waals surface area contributed by atoms with E-state index in [4.69, 9.17) is 9.78 Å². The van der Waals surface area contributed by atoms with Gasteiger partial charge < -0.3 is 4.89 Å². The highest BCUT2D eigenvalue weighted by atomic mass is 17.2. The van der Waals surface area contributed by atoms with Gasteiger partial charge in [-0.3, -0.25) is 4.79 Å². The van der Waals surface area contributed by atoms with Crippen molar-refractivity contribution >= 4 is 6.29 Å². The maximum absolute atomic E-state index is 10.3. The van der Waals surface area contributed by atoms with E-state index in [-0.39, 0.29) is 0 Å². The van der Waals surface area contributed by atoms with Crippen molar-refractivity contribution < 1.29 is 14.6 Å². The van der Waals surface area contributed by atoms with E-state index in [0.717, 1.165) is 11.8 Å². The van der Waals surface area contributed by atoms with Gasteiger partial charge in [-0.1, -0.05) is 0 Å². The molecule has 2 rings (SSSR count). The van der Waals surface area contributed by atoms with Crippen LogP contribution in [0.15, 0.2) is 18.2 Å². The van der Waals surface area contributed by atoms with Gasteiger partial charge in [-0.2, -0.15) is 4.89 Å². The van der Waals surface area contributed by atoms with Crippen LogP contribution in [0.1, 0.15) is 15.9 Å². The van der Waals surface area contributed by atoms with Crippen LogP contribution in [0.3, 0.4) is 0 Å². The molecule has 0 fully saturated rings. The molecule has 1 aliphatic rings. The van der Waals surface area contributed by atoms with Crippen LogP contribution in [0.25, 0.3) is 0 Å². The molecule has 0 saturated carbocycles. The quantitative estimate of drug-likeness (QED) is 0.447. The number of hydrogen-bond donors (Lipinski definition) is 0. The smallest absolute Gasteiger partial charge is 0.171 e. The largest absolute Gasteiger partial charge is 0.337 e. The molecule has 0 aliphatic carbocycles. The first-order valence-electron chi connectivity index (χ1n) is 3.28. The highest BCUT2D eigenvalue weighted by Crippen LogP contribution is 2.25. The Bertz CT molecular complexity index is 293. The molecule has 0 N–H and O–H groups in total. The molecule has 3 heteroatoms. The van der Waals surface area contributed by atoms with E-state index in [1.54, 1.807) is 18.2 Å². The fraction of sp³-hybridized carbons (Fsp3) is 0.125. The summed E-state index contributed by atoms with van der Waals surface area (Å²) in [5.41, 5.74) is 1.58. The first-order valence-corrected chi connectivity index (χ1v) is 3.28. The van der Waals surface area contributed by atoms with Crippen LogP contribution in [0, 0.1) is 0 Å². The predicted octanol–water partition coefficient (Wildman–Crippen LogP) is 1.32. The Balaban J connectivity index is 2.48. The summed E-state index contributed by atoms with van der Waals surface area (Å²) in [5, 5.41) is 0. The zero-order valence-corrected chi connectivity index (χ0v) is 5.74. The minimum atomic E-state index is 0.428. The van der Waals surface area contributed by atoms with Crippen LogP contribution < -0.4 is 4.89 Å². The lowest BCUT2D eigenvalue weighted by atomic mass is 10.1. The third-order valence-corrected chi connectivity index (χ3v) is 1.58. The van der Waals surface area contributed by atoms with E-state index < -0.39 is 0 Å². The molecule has 1 aliphatic heterocycles. The fourth-order valence-corrected chi connectivity index (χ4v) is 1.02. The topological polar surface area (TPSA) is 35.5 Å². The van der Waals surface area contributed by atoms with Crippen LogP contribution in [-0.4, -0.2) is 6.29 Å². The van der Waals surface area contributed by atoms with Gasteiger partial charge in [0.05, 0.1) is 0 Å². The van der Waals surface area contributed by atoms with Gasteiger partial charge in [-0.05, 0) is 18.2 Å². The number of benzene rings is 1. The van der Waals surface area contributed by atoms with Gasteiger partial charge in [0.2, 0.25) is 0 Å². The molecular formula is C8H6O3. The highest BCUT2D eigenvalue weighted by molar-refractivity contribution is 5.75. The van der Waals surface area contributed by atoms with Gasteiger partial charge in [0.1, 0.15) is 12.9 Å². The summed E-state index contributed by atoms with van der Waals surface area (Å²) in [7, 11) is 0. The number of hydrogen-bond acceptors (Lipinski definition) is 3. The van der Waals surface area contributed by atoms with Gasteiger partial charge in [0.25, 0.3) is 0 Å². The Morgan fingerprint density at radius 3 is 3.18 bits per heavy atom. The summed E-state index contributed by atoms with van der Waals surface area (Å²) in [6, 6.07) is 5.18. The van der Waals surface area contributed by atoms with E-state index >= 15 is 0 Å². The zero-order valence-electron chi connectivity index (χ0n) is 5.74. The van der Waals surface area contributed by atoms with E-state index in [2.05, 4.69) is 0 Å². The number of fused-ring (bicyclic) bond motifs is 1. The lowest BCUT2D eigenvalue weighted by Crippen LogP contribution is -1.82. The monoisotopic (exact) mass is 150 g/mol. The van der Waals surface area contributed by atoms with Crippen LogP contribution in [0.4, 0.5) is 0 Å². The third kappa shape index (κ3) is 0.991. The van der Waals surface area contributed by atoms with E-state index in [1.165, 1.54) is 0 Å². The van der Waals surface area contributed by atoms with Crippen molar-refractivity contribution in [3.63, 3.8) is 0 Å². The Morgan fingerprint density at radius 1 is 1.45 bits per heavy atom. The van der Waals surface area contributed by atoms with Crippen LogP contribution >= 0.6 is 0 Å². The Hall–Kier alpha value is -1.35. The molecular weight excluding hydrogens is 144 g/mol. The third-order valence-electron chi connectivity index (χ3n) is 1.58. The molecule has 0 spiro atoms. The van der Waals surface area contributed by atoms with Crippen molar-refractivity contribution in [2.45, 2.75) is 6.61 Å². The molecule has 0 aromatic heterocycles. The Labute approximate surface area is 63.5 Å². The second-order valence-corrected chi connectivity index (χ2v) is 2.33. The summed E-state index contributed by atoms with van der Waals surface area (Å²) in [6.45, 7) is 0.428. The Morgan fingerprint density at radius 2 is 2.36 bits per heavy atom. The van der Waals surface area contributed by atoms with Crippen LogP contribution in [0.2, 0.25) is 0 Å². The minimum absolute atomic E-state index is 0.428. The van der Waals surface area contributed by atoms with Gasteiger partial charge >= 0.3 is 0 Å². The molecule has 0 bridgehead atoms. The summed E-state index contributed by atoms with van der Waals surface area (Å²) in [5.74, 6) is 0.704. The van der Waals surface area contributed by atoms with Crippen molar-refractivity contribution in [3.05, 3.63) is 29.3 Å². The molecule has 1 heterocycles. The van der Waals surface area contributed by atoms with Gasteiger partial charge in [0, 0.05) is 11.1 Å². The van der Waals surface area contributed by atoms with Crippen molar-refractivity contribution in [2.24, 2.45) is 0 Å². The first-order chi connectivity index (χ1) is 5.40. The fourth-order valence-electron chi connectivity index (χ4n) is 1.02. The molecule has 0 amide bonds. The summed E-state index contributed by atoms with van der Waals surface area (Å²) in [6.07, 6.45) is 0.804. The first kappa shape index (κ1) is 6.37. The summed E-state index contributed by atoms with van der Waals surface area (Å²) in [4.78, 5) is 19.8. The number of aldehydes is 1. The average molecular weight is 150 g/mol. The van der Waals surface area contributed by atoms with Gasteiger partial charge in [-0.25, -0.2) is 0 Å². The highest BCUT2D eigenvalue weighted by Gasteiger charge is 2.12. The number of rotatable bonds is 1. The molecule has 3 nitrogen and oxygen atoms in total. The molecule has 11 heavy (non-hydrogen) atoms. The summed E-state index contributed by atoms with van der Waals surface area (Å²) >= 11 is 0. The molecule has 56 valence electrons. The van der Waals surface area contributed by atoms with Crippen molar-refractivity contribution in [3.8, 4) is 5.75 Å². The molecule has 0 atom stereocenters. The van der Waals surface area contributed by atoms with E-state index in [0.29, 0.717) is 17.9 Å². The second-order valence-electron chi connectivity index (χ2n) is 2.33. The molecule has 0 unspecified atom stereocenters. The minimum Gasteiger partial charge on any atom is -0.337 e. The van der Waals surface area contributed by atoms with Crippen molar-refractivity contribution in [1.82, 2.24) is 0 Å². The van der Waals surface area contributed by atoms with Gasteiger partial charge in [0.15, 0.2) is 5.75 Å². The zero-order chi connectivity index (χ0) is 7.68. The molecule has 1 aromatic carbocycles.